The predicted molar refractivity (Wildman–Crippen MR) is 107 cm³/mol. The van der Waals surface area contributed by atoms with E-state index in [4.69, 9.17) is 0 Å². The van der Waals surface area contributed by atoms with E-state index in [1.165, 1.54) is 0 Å². The summed E-state index contributed by atoms with van der Waals surface area (Å²) in [7, 11) is 0. The van der Waals surface area contributed by atoms with Crippen LogP contribution in [-0.4, -0.2) is 32.3 Å². The first kappa shape index (κ1) is 21.9. The van der Waals surface area contributed by atoms with Gasteiger partial charge in [-0.3, -0.25) is 0 Å². The minimum absolute atomic E-state index is 0. The summed E-state index contributed by atoms with van der Waals surface area (Å²) in [5.41, 5.74) is -0.865. The van der Waals surface area contributed by atoms with Crippen LogP contribution >= 0.6 is 35.3 Å². The van der Waals surface area contributed by atoms with Crippen LogP contribution in [0.15, 0.2) is 10.4 Å². The van der Waals surface area contributed by atoms with Gasteiger partial charge in [0, 0.05) is 24.9 Å². The van der Waals surface area contributed by atoms with Gasteiger partial charge in [0.2, 0.25) is 0 Å². The van der Waals surface area contributed by atoms with Gasteiger partial charge < -0.3 is 15.2 Å². The molecule has 3 heterocycles. The number of nitrogens with zero attached hydrogens (tertiary/aromatic N) is 5. The zero-order valence-corrected chi connectivity index (χ0v) is 17.9. The maximum absolute atomic E-state index is 12.6. The van der Waals surface area contributed by atoms with Crippen molar-refractivity contribution in [1.29, 1.82) is 0 Å². The molecule has 27 heavy (non-hydrogen) atoms. The number of fused-ring (bicyclic) bond motifs is 1. The van der Waals surface area contributed by atoms with E-state index in [1.54, 1.807) is 0 Å². The van der Waals surface area contributed by atoms with Gasteiger partial charge in [-0.2, -0.15) is 13.2 Å². The van der Waals surface area contributed by atoms with Gasteiger partial charge in [0.05, 0.1) is 6.54 Å². The smallest absolute Gasteiger partial charge is 0.357 e. The van der Waals surface area contributed by atoms with Crippen molar-refractivity contribution in [2.45, 2.75) is 52.0 Å². The van der Waals surface area contributed by atoms with Crippen molar-refractivity contribution >= 4 is 41.3 Å². The summed E-state index contributed by atoms with van der Waals surface area (Å²) in [4.78, 5) is 8.06. The molecule has 1 aliphatic rings. The van der Waals surface area contributed by atoms with Crippen LogP contribution in [0.25, 0.3) is 0 Å². The van der Waals surface area contributed by atoms with Crippen LogP contribution in [0.1, 0.15) is 42.1 Å². The number of rotatable bonds is 5. The molecule has 0 saturated heterocycles. The van der Waals surface area contributed by atoms with Crippen molar-refractivity contribution in [2.24, 2.45) is 4.99 Å². The Balaban J connectivity index is 0.00000261. The molecule has 12 heteroatoms. The number of aromatic nitrogens is 4. The summed E-state index contributed by atoms with van der Waals surface area (Å²) < 4.78 is 39.9. The number of aryl methyl sites for hydroxylation is 1. The van der Waals surface area contributed by atoms with E-state index in [-0.39, 0.29) is 30.5 Å². The molecule has 2 N–H and O–H groups in total. The lowest BCUT2D eigenvalue weighted by atomic mass is 10.2. The topological polar surface area (TPSA) is 80.0 Å². The summed E-state index contributed by atoms with van der Waals surface area (Å²) in [6.45, 7) is 3.98. The Labute approximate surface area is 175 Å². The maximum Gasteiger partial charge on any atom is 0.434 e. The second kappa shape index (κ2) is 9.66. The minimum Gasteiger partial charge on any atom is -0.357 e. The van der Waals surface area contributed by atoms with Crippen molar-refractivity contribution in [1.82, 2.24) is 30.4 Å². The highest BCUT2D eigenvalue weighted by Gasteiger charge is 2.33. The Morgan fingerprint density at radius 1 is 1.30 bits per heavy atom. The molecule has 0 aromatic carbocycles. The fraction of sp³-hybridized carbons (Fsp3) is 0.600. The molecule has 0 saturated carbocycles. The standard InChI is InChI=1S/C15H20F3N7S.HI/c1-2-19-14(21-8-13-22-10(9-26-13)15(16,17)18)20-7-12-24-23-11-5-3-4-6-25(11)12;/h9H,2-8H2,1H3,(H2,19,20,21);1H. The van der Waals surface area contributed by atoms with E-state index in [9.17, 15) is 13.2 Å². The normalized spacial score (nSPS) is 14.4. The summed E-state index contributed by atoms with van der Waals surface area (Å²) in [5, 5.41) is 15.8. The number of guanidine groups is 1. The van der Waals surface area contributed by atoms with Gasteiger partial charge in [-0.05, 0) is 19.8 Å². The van der Waals surface area contributed by atoms with E-state index in [1.807, 2.05) is 6.92 Å². The van der Waals surface area contributed by atoms with Gasteiger partial charge in [0.25, 0.3) is 0 Å². The fourth-order valence-electron chi connectivity index (χ4n) is 2.66. The van der Waals surface area contributed by atoms with E-state index in [0.717, 1.165) is 54.2 Å². The van der Waals surface area contributed by atoms with Gasteiger partial charge in [-0.15, -0.1) is 45.5 Å². The van der Waals surface area contributed by atoms with Gasteiger partial charge in [0.1, 0.15) is 17.4 Å². The van der Waals surface area contributed by atoms with Crippen molar-refractivity contribution < 1.29 is 13.2 Å². The van der Waals surface area contributed by atoms with Crippen LogP contribution in [-0.2, 0) is 32.2 Å². The molecule has 2 aromatic heterocycles. The quantitative estimate of drug-likeness (QED) is 0.364. The molecule has 0 aliphatic carbocycles. The molecular formula is C15H21F3IN7S. The number of halogens is 4. The first-order valence-corrected chi connectivity index (χ1v) is 9.30. The van der Waals surface area contributed by atoms with E-state index in [2.05, 4.69) is 35.4 Å². The number of alkyl halides is 3. The zero-order valence-electron chi connectivity index (χ0n) is 14.7. The Bertz CT molecular complexity index is 772. The molecule has 7 nitrogen and oxygen atoms in total. The number of nitrogens with one attached hydrogen (secondary N) is 2. The number of aliphatic imine (C=N–C) groups is 1. The van der Waals surface area contributed by atoms with E-state index in [0.29, 0.717) is 24.1 Å². The minimum atomic E-state index is -4.42. The van der Waals surface area contributed by atoms with Gasteiger partial charge in [-0.1, -0.05) is 0 Å². The van der Waals surface area contributed by atoms with Crippen molar-refractivity contribution in [3.63, 3.8) is 0 Å². The Morgan fingerprint density at radius 3 is 2.81 bits per heavy atom. The monoisotopic (exact) mass is 515 g/mol. The Hall–Kier alpha value is -1.44. The molecular weight excluding hydrogens is 494 g/mol. The second-order valence-electron chi connectivity index (χ2n) is 5.81. The van der Waals surface area contributed by atoms with Gasteiger partial charge in [0.15, 0.2) is 17.5 Å². The Morgan fingerprint density at radius 2 is 2.11 bits per heavy atom. The molecule has 0 radical (unpaired) electrons. The lowest BCUT2D eigenvalue weighted by molar-refractivity contribution is -0.140. The first-order chi connectivity index (χ1) is 12.5. The van der Waals surface area contributed by atoms with Crippen LogP contribution in [0.4, 0.5) is 13.2 Å². The summed E-state index contributed by atoms with van der Waals surface area (Å²) in [6, 6.07) is 0. The van der Waals surface area contributed by atoms with E-state index >= 15 is 0 Å². The zero-order chi connectivity index (χ0) is 18.6. The molecule has 0 spiro atoms. The molecule has 0 atom stereocenters. The molecule has 0 bridgehead atoms. The van der Waals surface area contributed by atoms with Crippen molar-refractivity contribution in [3.05, 3.63) is 27.7 Å². The average molecular weight is 515 g/mol. The van der Waals surface area contributed by atoms with Gasteiger partial charge in [-0.25, -0.2) is 9.98 Å². The third-order valence-electron chi connectivity index (χ3n) is 3.91. The molecule has 0 unspecified atom stereocenters. The van der Waals surface area contributed by atoms with Crippen LogP contribution in [0.3, 0.4) is 0 Å². The average Bonchev–Trinajstić information content (AvgIpc) is 3.24. The highest BCUT2D eigenvalue weighted by molar-refractivity contribution is 14.0. The summed E-state index contributed by atoms with van der Waals surface area (Å²) in [6.07, 6.45) is -1.26. The number of hydrogen-bond acceptors (Lipinski definition) is 5. The van der Waals surface area contributed by atoms with Crippen LogP contribution < -0.4 is 10.6 Å². The third kappa shape index (κ3) is 5.77. The van der Waals surface area contributed by atoms with Gasteiger partial charge >= 0.3 is 6.18 Å². The lowest BCUT2D eigenvalue weighted by Gasteiger charge is -2.14. The third-order valence-corrected chi connectivity index (χ3v) is 4.76. The number of thiazole rings is 1. The largest absolute Gasteiger partial charge is 0.434 e. The summed E-state index contributed by atoms with van der Waals surface area (Å²) >= 11 is 0.968. The molecule has 1 aliphatic heterocycles. The van der Waals surface area contributed by atoms with Crippen molar-refractivity contribution in [3.8, 4) is 0 Å². The number of hydrogen-bond donors (Lipinski definition) is 2. The first-order valence-electron chi connectivity index (χ1n) is 8.42. The molecule has 0 amide bonds. The second-order valence-corrected chi connectivity index (χ2v) is 6.76. The molecule has 150 valence electrons. The molecule has 2 aromatic rings. The molecule has 0 fully saturated rings. The Kier molecular flexibility index (Phi) is 7.82. The van der Waals surface area contributed by atoms with Crippen LogP contribution in [0, 0.1) is 0 Å². The highest BCUT2D eigenvalue weighted by atomic mass is 127. The van der Waals surface area contributed by atoms with Crippen LogP contribution in [0.2, 0.25) is 0 Å². The maximum atomic E-state index is 12.6. The summed E-state index contributed by atoms with van der Waals surface area (Å²) in [5.74, 6) is 2.29. The lowest BCUT2D eigenvalue weighted by Crippen LogP contribution is -2.36. The predicted octanol–water partition coefficient (Wildman–Crippen LogP) is 2.96. The SMILES string of the molecule is CCNC(=NCc1nnc2n1CCCC2)NCc1nc(C(F)(F)F)cs1.I. The molecule has 3 rings (SSSR count). The van der Waals surface area contributed by atoms with E-state index < -0.39 is 11.9 Å². The van der Waals surface area contributed by atoms with Crippen molar-refractivity contribution in [2.75, 3.05) is 6.54 Å². The highest BCUT2D eigenvalue weighted by Crippen LogP contribution is 2.29. The van der Waals surface area contributed by atoms with Crippen LogP contribution in [0.5, 0.6) is 0 Å². The fourth-order valence-corrected chi connectivity index (χ4v) is 3.40.